The molecule has 0 spiro atoms. The molecule has 0 radical (unpaired) electrons. The predicted molar refractivity (Wildman–Crippen MR) is 42.3 cm³/mol. The van der Waals surface area contributed by atoms with E-state index >= 15 is 0 Å². The molecule has 1 aliphatic heterocycles. The van der Waals surface area contributed by atoms with Crippen LogP contribution in [0.4, 0.5) is 0 Å². The normalized spacial score (nSPS) is 28.1. The highest BCUT2D eigenvalue weighted by atomic mass is 35.5. The first-order valence-corrected chi connectivity index (χ1v) is 3.27. The third-order valence-electron chi connectivity index (χ3n) is 1.35. The molecule has 2 N–H and O–H groups in total. The van der Waals surface area contributed by atoms with Gasteiger partial charge in [-0.1, -0.05) is 0 Å². The molecule has 1 rings (SSSR count). The molecule has 0 amide bonds. The van der Waals surface area contributed by atoms with Gasteiger partial charge in [0.1, 0.15) is 6.10 Å². The van der Waals surface area contributed by atoms with E-state index in [-0.39, 0.29) is 18.5 Å². The van der Waals surface area contributed by atoms with Crippen molar-refractivity contribution < 1.29 is 14.3 Å². The van der Waals surface area contributed by atoms with E-state index in [2.05, 4.69) is 4.84 Å². The molecule has 0 saturated carbocycles. The molecule has 0 aromatic carbocycles. The van der Waals surface area contributed by atoms with Gasteiger partial charge in [-0.05, 0) is 13.8 Å². The fourth-order valence-corrected chi connectivity index (χ4v) is 0.953. The lowest BCUT2D eigenvalue weighted by Gasteiger charge is -2.16. The van der Waals surface area contributed by atoms with Crippen LogP contribution >= 0.6 is 12.4 Å². The summed E-state index contributed by atoms with van der Waals surface area (Å²) in [5.74, 6) is 4.39. The van der Waals surface area contributed by atoms with Gasteiger partial charge >= 0.3 is 0 Å². The lowest BCUT2D eigenvalue weighted by Crippen LogP contribution is -2.25. The Bertz CT molecular complexity index is 120. The highest BCUT2D eigenvalue weighted by Crippen LogP contribution is 2.21. The summed E-state index contributed by atoms with van der Waals surface area (Å²) in [6, 6.07) is 0. The Balaban J connectivity index is 0.000001000. The second-order valence-electron chi connectivity index (χ2n) is 2.78. The van der Waals surface area contributed by atoms with Gasteiger partial charge in [0.05, 0.1) is 13.2 Å². The number of ether oxygens (including phenoxy) is 2. The maximum absolute atomic E-state index is 5.36. The zero-order chi connectivity index (χ0) is 7.61. The maximum Gasteiger partial charge on any atom is 0.163 e. The summed E-state index contributed by atoms with van der Waals surface area (Å²) >= 11 is 0. The number of hydrogen-bond donors (Lipinski definition) is 1. The summed E-state index contributed by atoms with van der Waals surface area (Å²) < 4.78 is 10.6. The van der Waals surface area contributed by atoms with Crippen LogP contribution in [0, 0.1) is 0 Å². The standard InChI is InChI=1S/C6H13NO3.ClH/c1-6(2)8-3-5(10-6)4-9-7;/h5H,3-4,7H2,1-2H3;1H/t5-;/m0./s1. The Morgan fingerprint density at radius 1 is 1.64 bits per heavy atom. The first-order valence-electron chi connectivity index (χ1n) is 3.27. The molecule has 11 heavy (non-hydrogen) atoms. The summed E-state index contributed by atoms with van der Waals surface area (Å²) in [5.41, 5.74) is 0. The summed E-state index contributed by atoms with van der Waals surface area (Å²) in [6.45, 7) is 4.68. The molecule has 1 fully saturated rings. The Morgan fingerprint density at radius 2 is 2.27 bits per heavy atom. The largest absolute Gasteiger partial charge is 0.348 e. The number of hydrogen-bond acceptors (Lipinski definition) is 4. The van der Waals surface area contributed by atoms with Crippen LogP contribution in [0.2, 0.25) is 0 Å². The highest BCUT2D eigenvalue weighted by molar-refractivity contribution is 5.85. The molecule has 5 heteroatoms. The molecule has 0 aromatic rings. The van der Waals surface area contributed by atoms with Crippen molar-refractivity contribution in [2.45, 2.75) is 25.7 Å². The van der Waals surface area contributed by atoms with E-state index in [0.29, 0.717) is 13.2 Å². The van der Waals surface area contributed by atoms with Gasteiger partial charge in [-0.25, -0.2) is 5.90 Å². The minimum Gasteiger partial charge on any atom is -0.348 e. The number of rotatable bonds is 2. The molecule has 68 valence electrons. The number of nitrogens with two attached hydrogens (primary N) is 1. The third-order valence-corrected chi connectivity index (χ3v) is 1.35. The van der Waals surface area contributed by atoms with E-state index in [1.165, 1.54) is 0 Å². The minimum absolute atomic E-state index is 0. The van der Waals surface area contributed by atoms with E-state index in [0.717, 1.165) is 0 Å². The van der Waals surface area contributed by atoms with Crippen molar-refractivity contribution in [2.75, 3.05) is 13.2 Å². The SMILES string of the molecule is CC1(C)OC[C@@H](CON)O1.Cl. The van der Waals surface area contributed by atoms with Gasteiger partial charge < -0.3 is 14.3 Å². The van der Waals surface area contributed by atoms with E-state index in [4.69, 9.17) is 15.4 Å². The van der Waals surface area contributed by atoms with E-state index in [1.54, 1.807) is 0 Å². The van der Waals surface area contributed by atoms with Crippen LogP contribution in [-0.2, 0) is 14.3 Å². The van der Waals surface area contributed by atoms with Crippen LogP contribution < -0.4 is 5.90 Å². The van der Waals surface area contributed by atoms with Gasteiger partial charge in [0.2, 0.25) is 0 Å². The summed E-state index contributed by atoms with van der Waals surface area (Å²) in [4.78, 5) is 4.41. The van der Waals surface area contributed by atoms with Crippen molar-refractivity contribution in [3.63, 3.8) is 0 Å². The van der Waals surface area contributed by atoms with E-state index < -0.39 is 5.79 Å². The average molecular weight is 184 g/mol. The quantitative estimate of drug-likeness (QED) is 0.632. The topological polar surface area (TPSA) is 53.7 Å². The Morgan fingerprint density at radius 3 is 2.64 bits per heavy atom. The van der Waals surface area contributed by atoms with Crippen LogP contribution in [0.5, 0.6) is 0 Å². The van der Waals surface area contributed by atoms with Gasteiger partial charge in [-0.15, -0.1) is 12.4 Å². The zero-order valence-electron chi connectivity index (χ0n) is 6.70. The van der Waals surface area contributed by atoms with Crippen molar-refractivity contribution in [3.8, 4) is 0 Å². The Hall–Kier alpha value is 0.130. The van der Waals surface area contributed by atoms with Gasteiger partial charge in [-0.2, -0.15) is 0 Å². The smallest absolute Gasteiger partial charge is 0.163 e. The monoisotopic (exact) mass is 183 g/mol. The lowest BCUT2D eigenvalue weighted by atomic mass is 10.4. The first-order chi connectivity index (χ1) is 4.64. The van der Waals surface area contributed by atoms with Crippen molar-refractivity contribution in [1.82, 2.24) is 0 Å². The molecule has 0 aromatic heterocycles. The zero-order valence-corrected chi connectivity index (χ0v) is 7.52. The number of halogens is 1. The minimum atomic E-state index is -0.469. The fraction of sp³-hybridized carbons (Fsp3) is 1.00. The van der Waals surface area contributed by atoms with Gasteiger partial charge in [-0.3, -0.25) is 0 Å². The van der Waals surface area contributed by atoms with Crippen LogP contribution in [-0.4, -0.2) is 25.1 Å². The van der Waals surface area contributed by atoms with Gasteiger partial charge in [0.25, 0.3) is 0 Å². The fourth-order valence-electron chi connectivity index (χ4n) is 0.953. The van der Waals surface area contributed by atoms with Crippen LogP contribution in [0.15, 0.2) is 0 Å². The molecular formula is C6H14ClNO3. The second-order valence-corrected chi connectivity index (χ2v) is 2.78. The van der Waals surface area contributed by atoms with Crippen molar-refractivity contribution in [2.24, 2.45) is 5.90 Å². The van der Waals surface area contributed by atoms with E-state index in [9.17, 15) is 0 Å². The van der Waals surface area contributed by atoms with Crippen LogP contribution in [0.1, 0.15) is 13.8 Å². The predicted octanol–water partition coefficient (Wildman–Crippen LogP) is 0.450. The van der Waals surface area contributed by atoms with Crippen LogP contribution in [0.3, 0.4) is 0 Å². The summed E-state index contributed by atoms with van der Waals surface area (Å²) in [7, 11) is 0. The van der Waals surface area contributed by atoms with Crippen molar-refractivity contribution >= 4 is 12.4 Å². The van der Waals surface area contributed by atoms with E-state index in [1.807, 2.05) is 13.8 Å². The molecule has 1 heterocycles. The van der Waals surface area contributed by atoms with Gasteiger partial charge in [0, 0.05) is 0 Å². The highest BCUT2D eigenvalue weighted by Gasteiger charge is 2.32. The van der Waals surface area contributed by atoms with Crippen LogP contribution in [0.25, 0.3) is 0 Å². The molecule has 0 aliphatic carbocycles. The molecule has 1 atom stereocenters. The third kappa shape index (κ3) is 3.35. The van der Waals surface area contributed by atoms with Crippen molar-refractivity contribution in [3.05, 3.63) is 0 Å². The molecule has 0 unspecified atom stereocenters. The van der Waals surface area contributed by atoms with Crippen molar-refractivity contribution in [1.29, 1.82) is 0 Å². The van der Waals surface area contributed by atoms with Gasteiger partial charge in [0.15, 0.2) is 5.79 Å². The molecule has 0 bridgehead atoms. The average Bonchev–Trinajstić information content (AvgIpc) is 2.12. The molecular weight excluding hydrogens is 170 g/mol. The summed E-state index contributed by atoms with van der Waals surface area (Å²) in [5, 5.41) is 0. The first kappa shape index (κ1) is 11.1. The molecule has 1 saturated heterocycles. The second kappa shape index (κ2) is 4.23. The Kier molecular flexibility index (Phi) is 4.28. The molecule has 4 nitrogen and oxygen atoms in total. The molecule has 1 aliphatic rings. The maximum atomic E-state index is 5.36. The summed E-state index contributed by atoms with van der Waals surface area (Å²) in [6.07, 6.45) is -0.0139. The Labute approximate surface area is 72.3 Å². The lowest BCUT2D eigenvalue weighted by molar-refractivity contribution is -0.145.